The van der Waals surface area contributed by atoms with Gasteiger partial charge in [0, 0.05) is 24.1 Å². The van der Waals surface area contributed by atoms with E-state index >= 15 is 0 Å². The van der Waals surface area contributed by atoms with Crippen molar-refractivity contribution in [3.8, 4) is 0 Å². The quantitative estimate of drug-likeness (QED) is 0.700. The van der Waals surface area contributed by atoms with Gasteiger partial charge in [-0.25, -0.2) is 4.39 Å². The van der Waals surface area contributed by atoms with Crippen LogP contribution in [-0.4, -0.2) is 17.4 Å². The summed E-state index contributed by atoms with van der Waals surface area (Å²) in [5, 5.41) is 6.02. The summed E-state index contributed by atoms with van der Waals surface area (Å²) in [7, 11) is 0. The van der Waals surface area contributed by atoms with Gasteiger partial charge in [-0.3, -0.25) is 9.78 Å². The summed E-state index contributed by atoms with van der Waals surface area (Å²) in [6.45, 7) is 2.37. The molecule has 1 aromatic heterocycles. The Kier molecular flexibility index (Phi) is 5.59. The molecule has 0 bridgehead atoms. The van der Waals surface area contributed by atoms with Crippen LogP contribution in [0.5, 0.6) is 0 Å². The molecule has 5 heteroatoms. The maximum atomic E-state index is 13.6. The molecule has 0 atom stereocenters. The zero-order valence-corrected chi connectivity index (χ0v) is 14.5. The van der Waals surface area contributed by atoms with E-state index in [0.29, 0.717) is 24.2 Å². The van der Waals surface area contributed by atoms with E-state index in [1.165, 1.54) is 11.6 Å². The third kappa shape index (κ3) is 4.66. The first-order chi connectivity index (χ1) is 12.6. The van der Waals surface area contributed by atoms with Crippen LogP contribution in [0.1, 0.15) is 21.6 Å². The van der Waals surface area contributed by atoms with Crippen LogP contribution in [0.25, 0.3) is 0 Å². The number of carbonyl (C=O) groups excluding carboxylic acids is 1. The van der Waals surface area contributed by atoms with Gasteiger partial charge in [0.15, 0.2) is 0 Å². The second kappa shape index (κ2) is 8.25. The number of hydrogen-bond acceptors (Lipinski definition) is 3. The maximum absolute atomic E-state index is 13.6. The van der Waals surface area contributed by atoms with E-state index in [9.17, 15) is 9.18 Å². The van der Waals surface area contributed by atoms with E-state index in [4.69, 9.17) is 0 Å². The van der Waals surface area contributed by atoms with Crippen molar-refractivity contribution in [3.05, 3.63) is 89.5 Å². The van der Waals surface area contributed by atoms with Crippen LogP contribution in [-0.2, 0) is 6.42 Å². The van der Waals surface area contributed by atoms with Gasteiger partial charge in [0.2, 0.25) is 0 Å². The molecule has 4 nitrogen and oxygen atoms in total. The third-order valence-corrected chi connectivity index (χ3v) is 3.97. The minimum Gasteiger partial charge on any atom is -0.355 e. The van der Waals surface area contributed by atoms with Crippen LogP contribution in [0, 0.1) is 12.7 Å². The predicted molar refractivity (Wildman–Crippen MR) is 101 cm³/mol. The molecule has 0 radical (unpaired) electrons. The highest BCUT2D eigenvalue weighted by Gasteiger charge is 2.08. The van der Waals surface area contributed by atoms with Gasteiger partial charge in [0.05, 0.1) is 0 Å². The second-order valence-corrected chi connectivity index (χ2v) is 6.02. The summed E-state index contributed by atoms with van der Waals surface area (Å²) in [6.07, 6.45) is 2.02. The summed E-state index contributed by atoms with van der Waals surface area (Å²) < 4.78 is 13.6. The number of aromatic nitrogens is 1. The number of rotatable bonds is 6. The minimum absolute atomic E-state index is 0.260. The van der Waals surface area contributed by atoms with E-state index in [0.717, 1.165) is 11.4 Å². The first-order valence-corrected chi connectivity index (χ1v) is 8.43. The summed E-state index contributed by atoms with van der Waals surface area (Å²) in [4.78, 5) is 16.4. The molecule has 2 N–H and O–H groups in total. The summed E-state index contributed by atoms with van der Waals surface area (Å²) in [5.41, 5.74) is 3.79. The normalized spacial score (nSPS) is 10.4. The van der Waals surface area contributed by atoms with Crippen molar-refractivity contribution in [1.82, 2.24) is 10.3 Å². The van der Waals surface area contributed by atoms with Crippen molar-refractivity contribution >= 4 is 17.3 Å². The Balaban J connectivity index is 1.59. The van der Waals surface area contributed by atoms with Crippen molar-refractivity contribution in [2.24, 2.45) is 0 Å². The summed E-state index contributed by atoms with van der Waals surface area (Å²) in [6, 6.07) is 18.0. The Morgan fingerprint density at radius 2 is 1.81 bits per heavy atom. The molecular weight excluding hydrogens is 329 g/mol. The zero-order chi connectivity index (χ0) is 18.4. The number of hydrogen-bond donors (Lipinski definition) is 2. The van der Waals surface area contributed by atoms with E-state index < -0.39 is 0 Å². The number of halogens is 1. The second-order valence-electron chi connectivity index (χ2n) is 6.02. The molecule has 0 saturated carbocycles. The number of carbonyl (C=O) groups is 1. The maximum Gasteiger partial charge on any atom is 0.269 e. The van der Waals surface area contributed by atoms with Crippen molar-refractivity contribution in [1.29, 1.82) is 0 Å². The lowest BCUT2D eigenvalue weighted by Gasteiger charge is -2.09. The first kappa shape index (κ1) is 17.6. The van der Waals surface area contributed by atoms with Crippen LogP contribution in [0.3, 0.4) is 0 Å². The van der Waals surface area contributed by atoms with Crippen LogP contribution in [0.2, 0.25) is 0 Å². The summed E-state index contributed by atoms with van der Waals surface area (Å²) in [5.74, 6) is -0.543. The molecule has 0 spiro atoms. The smallest absolute Gasteiger partial charge is 0.269 e. The predicted octanol–water partition coefficient (Wildman–Crippen LogP) is 4.25. The van der Waals surface area contributed by atoms with Crippen molar-refractivity contribution < 1.29 is 9.18 Å². The largest absolute Gasteiger partial charge is 0.355 e. The Bertz CT molecular complexity index is 894. The molecule has 0 aliphatic rings. The lowest BCUT2D eigenvalue weighted by Crippen LogP contribution is -2.26. The van der Waals surface area contributed by atoms with Crippen LogP contribution in [0.4, 0.5) is 15.8 Å². The highest BCUT2D eigenvalue weighted by atomic mass is 19.1. The van der Waals surface area contributed by atoms with Gasteiger partial charge in [-0.15, -0.1) is 0 Å². The molecule has 0 aliphatic carbocycles. The zero-order valence-electron chi connectivity index (χ0n) is 14.5. The van der Waals surface area contributed by atoms with Crippen LogP contribution < -0.4 is 10.6 Å². The Labute approximate surface area is 152 Å². The summed E-state index contributed by atoms with van der Waals surface area (Å²) >= 11 is 0. The van der Waals surface area contributed by atoms with Crippen molar-refractivity contribution in [3.63, 3.8) is 0 Å². The number of amides is 1. The fourth-order valence-corrected chi connectivity index (χ4v) is 2.54. The lowest BCUT2D eigenvalue weighted by molar-refractivity contribution is 0.0949. The number of pyridine rings is 1. The molecular formula is C21H20FN3O. The molecule has 0 aliphatic heterocycles. The topological polar surface area (TPSA) is 54.0 Å². The molecule has 26 heavy (non-hydrogen) atoms. The third-order valence-electron chi connectivity index (χ3n) is 3.97. The molecule has 3 rings (SSSR count). The van der Waals surface area contributed by atoms with E-state index in [2.05, 4.69) is 15.6 Å². The minimum atomic E-state index is -0.283. The van der Waals surface area contributed by atoms with Crippen LogP contribution in [0.15, 0.2) is 66.9 Å². The molecule has 132 valence electrons. The van der Waals surface area contributed by atoms with Crippen molar-refractivity contribution in [2.45, 2.75) is 13.3 Å². The molecule has 2 aromatic carbocycles. The lowest BCUT2D eigenvalue weighted by atomic mass is 10.1. The number of aryl methyl sites for hydroxylation is 1. The monoisotopic (exact) mass is 349 g/mol. The fourth-order valence-electron chi connectivity index (χ4n) is 2.54. The number of nitrogens with zero attached hydrogens (tertiary/aromatic N) is 1. The fraction of sp³-hybridized carbons (Fsp3) is 0.143. The highest BCUT2D eigenvalue weighted by Crippen LogP contribution is 2.17. The van der Waals surface area contributed by atoms with Gasteiger partial charge < -0.3 is 10.6 Å². The molecule has 1 amide bonds. The number of benzene rings is 2. The SMILES string of the molecule is Cc1ccc(Nc2ccnc(C(=O)NCCc3ccccc3F)c2)cc1. The van der Waals surface area contributed by atoms with Crippen molar-refractivity contribution in [2.75, 3.05) is 11.9 Å². The molecule has 3 aromatic rings. The average molecular weight is 349 g/mol. The number of nitrogens with one attached hydrogen (secondary N) is 2. The van der Waals surface area contributed by atoms with E-state index in [-0.39, 0.29) is 11.7 Å². The first-order valence-electron chi connectivity index (χ1n) is 8.43. The Hall–Kier alpha value is -3.21. The van der Waals surface area contributed by atoms with Gasteiger partial charge >= 0.3 is 0 Å². The van der Waals surface area contributed by atoms with Crippen LogP contribution >= 0.6 is 0 Å². The number of anilines is 2. The van der Waals surface area contributed by atoms with Gasteiger partial charge in [0.25, 0.3) is 5.91 Å². The van der Waals surface area contributed by atoms with E-state index in [1.807, 2.05) is 31.2 Å². The van der Waals surface area contributed by atoms with Gasteiger partial charge in [-0.2, -0.15) is 0 Å². The molecule has 0 fully saturated rings. The van der Waals surface area contributed by atoms with Gasteiger partial charge in [-0.05, 0) is 49.2 Å². The molecule has 0 saturated heterocycles. The highest BCUT2D eigenvalue weighted by molar-refractivity contribution is 5.93. The Morgan fingerprint density at radius 1 is 1.04 bits per heavy atom. The van der Waals surface area contributed by atoms with E-state index in [1.54, 1.807) is 36.5 Å². The molecule has 0 unspecified atom stereocenters. The van der Waals surface area contributed by atoms with Gasteiger partial charge in [-0.1, -0.05) is 35.9 Å². The molecule has 1 heterocycles. The van der Waals surface area contributed by atoms with Gasteiger partial charge in [0.1, 0.15) is 11.5 Å². The average Bonchev–Trinajstić information content (AvgIpc) is 2.65. The standard InChI is InChI=1S/C21H20FN3O/c1-15-6-8-17(9-7-15)25-18-11-13-23-20(14-18)21(26)24-12-10-16-4-2-3-5-19(16)22/h2-9,11,13-14H,10,12H2,1H3,(H,23,25)(H,24,26). The Morgan fingerprint density at radius 3 is 2.58 bits per heavy atom.